The molecule has 3 aromatic rings. The standard InChI is InChI=1S/C24H29N5/c1-19-8-7-11-22(20(19)2)28-14-16-29(17-15-28)23-12-13-25-24(26-23)27(3)18-21-9-5-4-6-10-21/h4-13H,14-18H2,1-3H3. The quantitative estimate of drug-likeness (QED) is 0.660. The smallest absolute Gasteiger partial charge is 0.227 e. The molecule has 1 aromatic heterocycles. The molecule has 0 atom stereocenters. The molecule has 4 rings (SSSR count). The zero-order valence-corrected chi connectivity index (χ0v) is 17.5. The van der Waals surface area contributed by atoms with E-state index in [1.165, 1.54) is 22.4 Å². The van der Waals surface area contributed by atoms with Gasteiger partial charge in [0.05, 0.1) is 0 Å². The normalized spacial score (nSPS) is 14.2. The second kappa shape index (κ2) is 8.52. The summed E-state index contributed by atoms with van der Waals surface area (Å²) in [5.41, 5.74) is 5.35. The minimum Gasteiger partial charge on any atom is -0.368 e. The van der Waals surface area contributed by atoms with Crippen molar-refractivity contribution in [1.82, 2.24) is 9.97 Å². The van der Waals surface area contributed by atoms with Gasteiger partial charge in [-0.3, -0.25) is 0 Å². The number of benzene rings is 2. The molecule has 0 spiro atoms. The molecule has 1 saturated heterocycles. The van der Waals surface area contributed by atoms with Gasteiger partial charge in [-0.1, -0.05) is 42.5 Å². The van der Waals surface area contributed by atoms with Crippen LogP contribution < -0.4 is 14.7 Å². The fraction of sp³-hybridized carbons (Fsp3) is 0.333. The minimum atomic E-state index is 0.767. The van der Waals surface area contributed by atoms with E-state index in [0.717, 1.165) is 44.5 Å². The SMILES string of the molecule is Cc1cccc(N2CCN(c3ccnc(N(C)Cc4ccccc4)n3)CC2)c1C. The lowest BCUT2D eigenvalue weighted by atomic mass is 10.1. The molecule has 5 nitrogen and oxygen atoms in total. The van der Waals surface area contributed by atoms with Gasteiger partial charge in [-0.15, -0.1) is 0 Å². The average Bonchev–Trinajstić information content (AvgIpc) is 2.77. The Kier molecular flexibility index (Phi) is 5.65. The average molecular weight is 388 g/mol. The molecule has 150 valence electrons. The Morgan fingerprint density at radius 2 is 1.59 bits per heavy atom. The Bertz CT molecular complexity index is 948. The number of anilines is 3. The molecule has 5 heteroatoms. The summed E-state index contributed by atoms with van der Waals surface area (Å²) in [4.78, 5) is 16.3. The van der Waals surface area contributed by atoms with Gasteiger partial charge in [-0.25, -0.2) is 4.98 Å². The molecule has 2 aromatic carbocycles. The zero-order valence-electron chi connectivity index (χ0n) is 17.5. The maximum atomic E-state index is 4.84. The van der Waals surface area contributed by atoms with Gasteiger partial charge in [0.25, 0.3) is 0 Å². The molecule has 0 aliphatic carbocycles. The highest BCUT2D eigenvalue weighted by atomic mass is 15.3. The summed E-state index contributed by atoms with van der Waals surface area (Å²) in [5.74, 6) is 1.78. The van der Waals surface area contributed by atoms with Gasteiger partial charge in [0.2, 0.25) is 5.95 Å². The summed E-state index contributed by atoms with van der Waals surface area (Å²) >= 11 is 0. The molecule has 0 radical (unpaired) electrons. The first kappa shape index (κ1) is 19.2. The molecule has 1 fully saturated rings. The van der Waals surface area contributed by atoms with Crippen LogP contribution in [0.3, 0.4) is 0 Å². The van der Waals surface area contributed by atoms with Gasteiger partial charge in [0.1, 0.15) is 5.82 Å². The van der Waals surface area contributed by atoms with Crippen molar-refractivity contribution in [3.05, 3.63) is 77.5 Å². The highest BCUT2D eigenvalue weighted by Crippen LogP contribution is 2.25. The molecule has 2 heterocycles. The molecule has 0 amide bonds. The van der Waals surface area contributed by atoms with E-state index in [2.05, 4.69) is 76.0 Å². The van der Waals surface area contributed by atoms with Gasteiger partial charge in [-0.2, -0.15) is 4.98 Å². The first-order chi connectivity index (χ1) is 14.1. The summed E-state index contributed by atoms with van der Waals surface area (Å²) in [6.45, 7) is 9.13. The summed E-state index contributed by atoms with van der Waals surface area (Å²) in [6.07, 6.45) is 1.87. The lowest BCUT2D eigenvalue weighted by Gasteiger charge is -2.37. The molecule has 0 N–H and O–H groups in total. The Morgan fingerprint density at radius 3 is 2.34 bits per heavy atom. The minimum absolute atomic E-state index is 0.767. The van der Waals surface area contributed by atoms with E-state index in [0.29, 0.717) is 0 Å². The lowest BCUT2D eigenvalue weighted by molar-refractivity contribution is 0.644. The van der Waals surface area contributed by atoms with Crippen molar-refractivity contribution < 1.29 is 0 Å². The zero-order chi connectivity index (χ0) is 20.2. The lowest BCUT2D eigenvalue weighted by Crippen LogP contribution is -2.47. The fourth-order valence-corrected chi connectivity index (χ4v) is 3.88. The molecule has 1 aliphatic heterocycles. The van der Waals surface area contributed by atoms with Gasteiger partial charge in [0, 0.05) is 51.7 Å². The Balaban J connectivity index is 1.42. The van der Waals surface area contributed by atoms with Crippen LogP contribution in [0.2, 0.25) is 0 Å². The van der Waals surface area contributed by atoms with E-state index in [1.807, 2.05) is 25.4 Å². The van der Waals surface area contributed by atoms with Crippen molar-refractivity contribution in [3.63, 3.8) is 0 Å². The van der Waals surface area contributed by atoms with Gasteiger partial charge >= 0.3 is 0 Å². The van der Waals surface area contributed by atoms with Crippen molar-refractivity contribution in [1.29, 1.82) is 0 Å². The van der Waals surface area contributed by atoms with E-state index in [1.54, 1.807) is 0 Å². The van der Waals surface area contributed by atoms with E-state index in [-0.39, 0.29) is 0 Å². The van der Waals surface area contributed by atoms with Crippen LogP contribution in [0.1, 0.15) is 16.7 Å². The van der Waals surface area contributed by atoms with E-state index in [9.17, 15) is 0 Å². The van der Waals surface area contributed by atoms with Gasteiger partial charge in [-0.05, 0) is 42.7 Å². The summed E-state index contributed by atoms with van der Waals surface area (Å²) < 4.78 is 0. The van der Waals surface area contributed by atoms with Crippen LogP contribution in [0.5, 0.6) is 0 Å². The van der Waals surface area contributed by atoms with Crippen molar-refractivity contribution in [2.24, 2.45) is 0 Å². The first-order valence-corrected chi connectivity index (χ1v) is 10.3. The maximum Gasteiger partial charge on any atom is 0.227 e. The Labute approximate surface area is 173 Å². The third-order valence-electron chi connectivity index (χ3n) is 5.75. The van der Waals surface area contributed by atoms with Crippen molar-refractivity contribution in [2.45, 2.75) is 20.4 Å². The van der Waals surface area contributed by atoms with Crippen LogP contribution in [-0.4, -0.2) is 43.2 Å². The van der Waals surface area contributed by atoms with Crippen molar-refractivity contribution in [3.8, 4) is 0 Å². The number of hydrogen-bond acceptors (Lipinski definition) is 5. The van der Waals surface area contributed by atoms with Crippen LogP contribution >= 0.6 is 0 Å². The van der Waals surface area contributed by atoms with Gasteiger partial charge in [0.15, 0.2) is 0 Å². The maximum absolute atomic E-state index is 4.84. The molecule has 0 unspecified atom stereocenters. The van der Waals surface area contributed by atoms with E-state index >= 15 is 0 Å². The second-order valence-corrected chi connectivity index (χ2v) is 7.75. The highest BCUT2D eigenvalue weighted by molar-refractivity contribution is 5.57. The van der Waals surface area contributed by atoms with Crippen molar-refractivity contribution in [2.75, 3.05) is 47.9 Å². The summed E-state index contributed by atoms with van der Waals surface area (Å²) in [5, 5.41) is 0. The highest BCUT2D eigenvalue weighted by Gasteiger charge is 2.20. The third kappa shape index (κ3) is 4.34. The summed E-state index contributed by atoms with van der Waals surface area (Å²) in [6, 6.07) is 19.0. The van der Waals surface area contributed by atoms with Crippen LogP contribution in [0.25, 0.3) is 0 Å². The monoisotopic (exact) mass is 387 g/mol. The van der Waals surface area contributed by atoms with E-state index in [4.69, 9.17) is 4.98 Å². The van der Waals surface area contributed by atoms with Crippen LogP contribution in [-0.2, 0) is 6.54 Å². The molecule has 0 saturated carbocycles. The Morgan fingerprint density at radius 1 is 0.862 bits per heavy atom. The van der Waals surface area contributed by atoms with Crippen LogP contribution in [0.15, 0.2) is 60.8 Å². The largest absolute Gasteiger partial charge is 0.368 e. The third-order valence-corrected chi connectivity index (χ3v) is 5.75. The number of piperazine rings is 1. The predicted molar refractivity (Wildman–Crippen MR) is 121 cm³/mol. The van der Waals surface area contributed by atoms with Gasteiger partial charge < -0.3 is 14.7 Å². The molecular weight excluding hydrogens is 358 g/mol. The fourth-order valence-electron chi connectivity index (χ4n) is 3.88. The first-order valence-electron chi connectivity index (χ1n) is 10.3. The number of aryl methyl sites for hydroxylation is 1. The van der Waals surface area contributed by atoms with Crippen LogP contribution in [0, 0.1) is 13.8 Å². The Hall–Kier alpha value is -3.08. The number of aromatic nitrogens is 2. The number of rotatable bonds is 5. The predicted octanol–water partition coefficient (Wildman–Crippen LogP) is 4.06. The number of hydrogen-bond donors (Lipinski definition) is 0. The molecule has 1 aliphatic rings. The van der Waals surface area contributed by atoms with Crippen molar-refractivity contribution >= 4 is 17.5 Å². The summed E-state index contributed by atoms with van der Waals surface area (Å²) in [7, 11) is 2.05. The topological polar surface area (TPSA) is 35.5 Å². The molecular formula is C24H29N5. The molecule has 0 bridgehead atoms. The van der Waals surface area contributed by atoms with E-state index < -0.39 is 0 Å². The van der Waals surface area contributed by atoms with Crippen LogP contribution in [0.4, 0.5) is 17.5 Å². The number of nitrogens with zero attached hydrogens (tertiary/aromatic N) is 5. The molecule has 29 heavy (non-hydrogen) atoms. The second-order valence-electron chi connectivity index (χ2n) is 7.75.